The number of ketones is 1. The standard InChI is InChI=1S/C31H32O5/c1-6-8-23-19-24(29(32)7-2)14-16-25(23)27-17-21(10-9-20(27)3)11-12-22-13-15-26(30(33)35-4)28(18-22)31(34)36-5/h9-19H,6-8H2,1-5H3. The summed E-state index contributed by atoms with van der Waals surface area (Å²) < 4.78 is 9.61. The van der Waals surface area contributed by atoms with Crippen LogP contribution in [0.5, 0.6) is 0 Å². The maximum atomic E-state index is 12.3. The Hall–Kier alpha value is -3.99. The summed E-state index contributed by atoms with van der Waals surface area (Å²) in [6.07, 6.45) is 6.22. The summed E-state index contributed by atoms with van der Waals surface area (Å²) >= 11 is 0. The van der Waals surface area contributed by atoms with Gasteiger partial charge in [-0.3, -0.25) is 4.79 Å². The van der Waals surface area contributed by atoms with Crippen LogP contribution in [-0.2, 0) is 15.9 Å². The van der Waals surface area contributed by atoms with Gasteiger partial charge < -0.3 is 9.47 Å². The molecule has 5 nitrogen and oxygen atoms in total. The number of rotatable bonds is 9. The summed E-state index contributed by atoms with van der Waals surface area (Å²) in [7, 11) is 2.55. The summed E-state index contributed by atoms with van der Waals surface area (Å²) in [5.74, 6) is -1.04. The minimum Gasteiger partial charge on any atom is -0.465 e. The average Bonchev–Trinajstić information content (AvgIpc) is 2.91. The lowest BCUT2D eigenvalue weighted by Crippen LogP contribution is -2.11. The van der Waals surface area contributed by atoms with E-state index in [1.54, 1.807) is 18.2 Å². The second-order valence-electron chi connectivity index (χ2n) is 8.59. The summed E-state index contributed by atoms with van der Waals surface area (Å²) in [5, 5.41) is 0. The number of ether oxygens (including phenoxy) is 2. The van der Waals surface area contributed by atoms with Crippen LogP contribution >= 0.6 is 0 Å². The molecule has 0 amide bonds. The molecule has 0 N–H and O–H groups in total. The van der Waals surface area contributed by atoms with Crippen molar-refractivity contribution in [3.8, 4) is 11.1 Å². The van der Waals surface area contributed by atoms with Gasteiger partial charge in [-0.25, -0.2) is 9.59 Å². The van der Waals surface area contributed by atoms with E-state index in [-0.39, 0.29) is 16.9 Å². The van der Waals surface area contributed by atoms with Crippen molar-refractivity contribution in [2.24, 2.45) is 0 Å². The zero-order valence-corrected chi connectivity index (χ0v) is 21.5. The molecule has 5 heteroatoms. The molecule has 0 fully saturated rings. The van der Waals surface area contributed by atoms with E-state index < -0.39 is 11.9 Å². The van der Waals surface area contributed by atoms with Crippen molar-refractivity contribution in [2.75, 3.05) is 14.2 Å². The van der Waals surface area contributed by atoms with Crippen LogP contribution in [-0.4, -0.2) is 31.9 Å². The molecule has 0 aliphatic heterocycles. The van der Waals surface area contributed by atoms with Gasteiger partial charge in [-0.1, -0.05) is 62.8 Å². The molecule has 0 atom stereocenters. The Kier molecular flexibility index (Phi) is 8.96. The Morgan fingerprint density at radius 1 is 0.750 bits per heavy atom. The van der Waals surface area contributed by atoms with Gasteiger partial charge in [0.2, 0.25) is 0 Å². The highest BCUT2D eigenvalue weighted by atomic mass is 16.5. The molecule has 0 aliphatic carbocycles. The monoisotopic (exact) mass is 484 g/mol. The lowest BCUT2D eigenvalue weighted by molar-refractivity contribution is 0.0555. The molecule has 0 spiro atoms. The topological polar surface area (TPSA) is 69.7 Å². The molecule has 3 aromatic carbocycles. The first-order valence-corrected chi connectivity index (χ1v) is 12.1. The predicted molar refractivity (Wildman–Crippen MR) is 143 cm³/mol. The van der Waals surface area contributed by atoms with E-state index in [0.29, 0.717) is 6.42 Å². The van der Waals surface area contributed by atoms with Crippen LogP contribution in [0.4, 0.5) is 0 Å². The molecular formula is C31H32O5. The Morgan fingerprint density at radius 2 is 1.39 bits per heavy atom. The number of esters is 2. The van der Waals surface area contributed by atoms with Crippen LogP contribution in [0.3, 0.4) is 0 Å². The summed E-state index contributed by atoms with van der Waals surface area (Å²) in [4.78, 5) is 36.5. The highest BCUT2D eigenvalue weighted by Crippen LogP contribution is 2.31. The van der Waals surface area contributed by atoms with Gasteiger partial charge in [-0.15, -0.1) is 0 Å². The molecule has 0 unspecified atom stereocenters. The number of hydrogen-bond acceptors (Lipinski definition) is 5. The van der Waals surface area contributed by atoms with Crippen molar-refractivity contribution in [3.05, 3.63) is 93.5 Å². The highest BCUT2D eigenvalue weighted by molar-refractivity contribution is 6.03. The van der Waals surface area contributed by atoms with Crippen LogP contribution < -0.4 is 0 Å². The smallest absolute Gasteiger partial charge is 0.338 e. The van der Waals surface area contributed by atoms with Crippen molar-refractivity contribution in [1.29, 1.82) is 0 Å². The number of carbonyl (C=O) groups is 3. The van der Waals surface area contributed by atoms with Gasteiger partial charge in [0.25, 0.3) is 0 Å². The lowest BCUT2D eigenvalue weighted by atomic mass is 9.90. The normalized spacial score (nSPS) is 10.9. The van der Waals surface area contributed by atoms with Crippen molar-refractivity contribution in [1.82, 2.24) is 0 Å². The summed E-state index contributed by atoms with van der Waals surface area (Å²) in [6.45, 7) is 6.10. The second-order valence-corrected chi connectivity index (χ2v) is 8.59. The Morgan fingerprint density at radius 3 is 2.03 bits per heavy atom. The van der Waals surface area contributed by atoms with E-state index >= 15 is 0 Å². The molecule has 0 aliphatic rings. The van der Waals surface area contributed by atoms with E-state index in [1.165, 1.54) is 19.8 Å². The Bertz CT molecular complexity index is 1320. The number of aryl methyl sites for hydroxylation is 2. The fraction of sp³-hybridized carbons (Fsp3) is 0.258. The molecule has 3 aromatic rings. The van der Waals surface area contributed by atoms with Crippen LogP contribution in [0, 0.1) is 6.92 Å². The van der Waals surface area contributed by atoms with Crippen molar-refractivity contribution < 1.29 is 23.9 Å². The predicted octanol–water partition coefficient (Wildman–Crippen LogP) is 6.95. The zero-order chi connectivity index (χ0) is 26.2. The molecule has 36 heavy (non-hydrogen) atoms. The molecule has 0 saturated carbocycles. The molecule has 0 aromatic heterocycles. The highest BCUT2D eigenvalue weighted by Gasteiger charge is 2.18. The first-order chi connectivity index (χ1) is 17.3. The van der Waals surface area contributed by atoms with Crippen LogP contribution in [0.1, 0.15) is 80.0 Å². The van der Waals surface area contributed by atoms with Gasteiger partial charge >= 0.3 is 11.9 Å². The van der Waals surface area contributed by atoms with E-state index in [4.69, 9.17) is 9.47 Å². The fourth-order valence-electron chi connectivity index (χ4n) is 4.17. The molecule has 186 valence electrons. The van der Waals surface area contributed by atoms with E-state index in [2.05, 4.69) is 32.0 Å². The van der Waals surface area contributed by atoms with E-state index in [0.717, 1.165) is 46.2 Å². The van der Waals surface area contributed by atoms with Gasteiger partial charge in [-0.2, -0.15) is 0 Å². The summed E-state index contributed by atoms with van der Waals surface area (Å²) in [6, 6.07) is 17.2. The SMILES string of the molecule is CCCc1cc(C(=O)CC)ccc1-c1cc(C=Cc2ccc(C(=O)OC)c(C(=O)OC)c2)ccc1C. The van der Waals surface area contributed by atoms with Gasteiger partial charge in [0.15, 0.2) is 5.78 Å². The number of carbonyl (C=O) groups excluding carboxylic acids is 3. The molecule has 0 saturated heterocycles. The van der Waals surface area contributed by atoms with Crippen molar-refractivity contribution in [2.45, 2.75) is 40.0 Å². The number of Topliss-reactive ketones (excluding diaryl/α,β-unsaturated/α-hetero) is 1. The van der Waals surface area contributed by atoms with Gasteiger partial charge in [0.05, 0.1) is 25.3 Å². The van der Waals surface area contributed by atoms with Crippen molar-refractivity contribution >= 4 is 29.9 Å². The Balaban J connectivity index is 2.00. The van der Waals surface area contributed by atoms with E-state index in [9.17, 15) is 14.4 Å². The molecule has 0 bridgehead atoms. The molecule has 0 radical (unpaired) electrons. The fourth-order valence-corrected chi connectivity index (χ4v) is 4.17. The van der Waals surface area contributed by atoms with Gasteiger partial charge in [0.1, 0.15) is 0 Å². The minimum atomic E-state index is -0.600. The van der Waals surface area contributed by atoms with E-state index in [1.807, 2.05) is 37.3 Å². The lowest BCUT2D eigenvalue weighted by Gasteiger charge is -2.14. The molecule has 3 rings (SSSR count). The van der Waals surface area contributed by atoms with Gasteiger partial charge in [0, 0.05) is 12.0 Å². The number of hydrogen-bond donors (Lipinski definition) is 0. The maximum Gasteiger partial charge on any atom is 0.338 e. The first-order valence-electron chi connectivity index (χ1n) is 12.1. The maximum absolute atomic E-state index is 12.3. The third kappa shape index (κ3) is 5.98. The van der Waals surface area contributed by atoms with Crippen molar-refractivity contribution in [3.63, 3.8) is 0 Å². The molecule has 0 heterocycles. The Labute approximate surface area is 212 Å². The number of benzene rings is 3. The third-order valence-corrected chi connectivity index (χ3v) is 6.14. The third-order valence-electron chi connectivity index (χ3n) is 6.14. The van der Waals surface area contributed by atoms with Crippen LogP contribution in [0.25, 0.3) is 23.3 Å². The van der Waals surface area contributed by atoms with Gasteiger partial charge in [-0.05, 0) is 71.0 Å². The van der Waals surface area contributed by atoms with Crippen LogP contribution in [0.2, 0.25) is 0 Å². The minimum absolute atomic E-state index is 0.150. The average molecular weight is 485 g/mol. The largest absolute Gasteiger partial charge is 0.465 e. The second kappa shape index (κ2) is 12.1. The molecular weight excluding hydrogens is 452 g/mol. The zero-order valence-electron chi connectivity index (χ0n) is 21.5. The number of methoxy groups -OCH3 is 2. The quantitative estimate of drug-likeness (QED) is 0.187. The first kappa shape index (κ1) is 26.6. The van der Waals surface area contributed by atoms with Crippen LogP contribution in [0.15, 0.2) is 54.6 Å². The summed E-state index contributed by atoms with van der Waals surface area (Å²) in [5.41, 5.74) is 7.38.